The number of benzene rings is 7. The van der Waals surface area contributed by atoms with E-state index < -0.39 is 0 Å². The molecule has 0 saturated heterocycles. The van der Waals surface area contributed by atoms with E-state index in [0.29, 0.717) is 0 Å². The van der Waals surface area contributed by atoms with Crippen LogP contribution in [0.1, 0.15) is 22.3 Å². The lowest BCUT2D eigenvalue weighted by atomic mass is 9.92. The maximum atomic E-state index is 6.63. The second-order valence-electron chi connectivity index (χ2n) is 13.1. The third kappa shape index (κ3) is 4.48. The highest BCUT2D eigenvalue weighted by Crippen LogP contribution is 2.41. The van der Waals surface area contributed by atoms with Crippen LogP contribution in [0.25, 0.3) is 88.4 Å². The summed E-state index contributed by atoms with van der Waals surface area (Å²) in [6.45, 7) is 8.71. The summed E-state index contributed by atoms with van der Waals surface area (Å²) in [5.74, 6) is 0. The monoisotopic (exact) mass is 618 g/mol. The number of fused-ring (bicyclic) bond motifs is 7. The van der Waals surface area contributed by atoms with Crippen LogP contribution in [-0.2, 0) is 0 Å². The van der Waals surface area contributed by atoms with Crippen molar-refractivity contribution in [2.75, 3.05) is 0 Å². The van der Waals surface area contributed by atoms with Gasteiger partial charge < -0.3 is 8.83 Å². The SMILES string of the molecule is Cc1ccccc1-c1cc(-c2ccc3c(c2)oc2c3ccc3c4ccc(-c5ccc(C)c(-c6ccccc6C)c5)cc4oc32)ccc1C. The van der Waals surface area contributed by atoms with E-state index >= 15 is 0 Å². The molecule has 2 nitrogen and oxygen atoms in total. The summed E-state index contributed by atoms with van der Waals surface area (Å²) < 4.78 is 13.3. The van der Waals surface area contributed by atoms with Crippen molar-refractivity contribution in [1.29, 1.82) is 0 Å². The zero-order chi connectivity index (χ0) is 32.5. The van der Waals surface area contributed by atoms with E-state index in [1.165, 1.54) is 55.6 Å². The Morgan fingerprint density at radius 3 is 1.10 bits per heavy atom. The first kappa shape index (κ1) is 28.4. The van der Waals surface area contributed by atoms with Gasteiger partial charge in [-0.15, -0.1) is 0 Å². The Morgan fingerprint density at radius 2 is 0.667 bits per heavy atom. The molecule has 0 aliphatic heterocycles. The minimum Gasteiger partial charge on any atom is -0.452 e. The van der Waals surface area contributed by atoms with Gasteiger partial charge in [0, 0.05) is 21.5 Å². The van der Waals surface area contributed by atoms with Gasteiger partial charge in [0.25, 0.3) is 0 Å². The molecule has 9 rings (SSSR count). The summed E-state index contributed by atoms with van der Waals surface area (Å²) in [7, 11) is 0. The van der Waals surface area contributed by atoms with Crippen molar-refractivity contribution in [2.45, 2.75) is 27.7 Å². The molecule has 0 fully saturated rings. The molecule has 0 bridgehead atoms. The lowest BCUT2D eigenvalue weighted by Gasteiger charge is -2.12. The molecule has 9 aromatic rings. The van der Waals surface area contributed by atoms with Crippen LogP contribution in [0.15, 0.2) is 142 Å². The minimum atomic E-state index is 0.791. The predicted octanol–water partition coefficient (Wildman–Crippen LogP) is 13.4. The average molecular weight is 619 g/mol. The molecule has 0 spiro atoms. The van der Waals surface area contributed by atoms with E-state index in [1.54, 1.807) is 0 Å². The van der Waals surface area contributed by atoms with Gasteiger partial charge in [0.2, 0.25) is 0 Å². The lowest BCUT2D eigenvalue weighted by molar-refractivity contribution is 0.633. The van der Waals surface area contributed by atoms with Crippen molar-refractivity contribution in [3.63, 3.8) is 0 Å². The van der Waals surface area contributed by atoms with Gasteiger partial charge in [-0.25, -0.2) is 0 Å². The Morgan fingerprint density at radius 1 is 0.312 bits per heavy atom. The Kier molecular flexibility index (Phi) is 6.42. The Bertz CT molecular complexity index is 2530. The molecule has 0 atom stereocenters. The van der Waals surface area contributed by atoms with Gasteiger partial charge in [-0.3, -0.25) is 0 Å². The Balaban J connectivity index is 1.14. The van der Waals surface area contributed by atoms with Gasteiger partial charge in [0.15, 0.2) is 11.2 Å². The topological polar surface area (TPSA) is 26.3 Å². The van der Waals surface area contributed by atoms with Gasteiger partial charge in [0.05, 0.1) is 0 Å². The first-order valence-electron chi connectivity index (χ1n) is 16.6. The van der Waals surface area contributed by atoms with Crippen molar-refractivity contribution in [2.24, 2.45) is 0 Å². The van der Waals surface area contributed by atoms with Gasteiger partial charge in [-0.1, -0.05) is 84.9 Å². The molecule has 2 heteroatoms. The molecular weight excluding hydrogens is 585 g/mol. The summed E-state index contributed by atoms with van der Waals surface area (Å²) in [5, 5.41) is 4.31. The van der Waals surface area contributed by atoms with Crippen LogP contribution in [0, 0.1) is 27.7 Å². The fourth-order valence-corrected chi connectivity index (χ4v) is 7.36. The molecular formula is C46H34O2. The quantitative estimate of drug-likeness (QED) is 0.196. The van der Waals surface area contributed by atoms with Crippen LogP contribution in [0.3, 0.4) is 0 Å². The molecule has 0 aliphatic rings. The highest BCUT2D eigenvalue weighted by Gasteiger charge is 2.18. The standard InChI is InChI=1S/C46H34O2/c1-27-9-5-7-11-35(27)41-23-31(15-13-29(41)3)33-17-19-37-39-21-22-40-38-20-18-34(26-44(38)48-46(40)45(39)47-43(37)25-33)32-16-14-30(4)42(24-32)36-12-8-6-10-28(36)2/h5-26H,1-4H3. The molecule has 0 unspecified atom stereocenters. The van der Waals surface area contributed by atoms with Gasteiger partial charge in [-0.2, -0.15) is 0 Å². The third-order valence-electron chi connectivity index (χ3n) is 10.1. The van der Waals surface area contributed by atoms with Crippen molar-refractivity contribution < 1.29 is 8.83 Å². The second-order valence-corrected chi connectivity index (χ2v) is 13.1. The zero-order valence-corrected chi connectivity index (χ0v) is 27.5. The van der Waals surface area contributed by atoms with Crippen molar-refractivity contribution in [1.82, 2.24) is 0 Å². The molecule has 0 radical (unpaired) electrons. The van der Waals surface area contributed by atoms with E-state index in [1.807, 2.05) is 0 Å². The maximum Gasteiger partial charge on any atom is 0.178 e. The fourth-order valence-electron chi connectivity index (χ4n) is 7.36. The first-order valence-corrected chi connectivity index (χ1v) is 16.6. The summed E-state index contributed by atoms with van der Waals surface area (Å²) in [6.07, 6.45) is 0. The normalized spacial score (nSPS) is 11.8. The van der Waals surface area contributed by atoms with E-state index in [9.17, 15) is 0 Å². The van der Waals surface area contributed by atoms with Gasteiger partial charge in [0.1, 0.15) is 11.2 Å². The predicted molar refractivity (Wildman–Crippen MR) is 202 cm³/mol. The van der Waals surface area contributed by atoms with Crippen LogP contribution in [0.2, 0.25) is 0 Å². The maximum absolute atomic E-state index is 6.63. The van der Waals surface area contributed by atoms with Crippen LogP contribution in [0.5, 0.6) is 0 Å². The van der Waals surface area contributed by atoms with Crippen LogP contribution < -0.4 is 0 Å². The number of furan rings is 2. The number of aryl methyl sites for hydroxylation is 4. The van der Waals surface area contributed by atoms with Gasteiger partial charge >= 0.3 is 0 Å². The molecule has 7 aromatic carbocycles. The molecule has 2 aromatic heterocycles. The van der Waals surface area contributed by atoms with Crippen LogP contribution >= 0.6 is 0 Å². The lowest BCUT2D eigenvalue weighted by Crippen LogP contribution is -1.88. The van der Waals surface area contributed by atoms with Crippen molar-refractivity contribution in [3.8, 4) is 44.5 Å². The van der Waals surface area contributed by atoms with E-state index in [2.05, 4.69) is 161 Å². The van der Waals surface area contributed by atoms with E-state index in [4.69, 9.17) is 8.83 Å². The second kappa shape index (κ2) is 10.9. The van der Waals surface area contributed by atoms with E-state index in [-0.39, 0.29) is 0 Å². The molecule has 0 N–H and O–H groups in total. The largest absolute Gasteiger partial charge is 0.452 e. The Labute approximate surface area is 279 Å². The zero-order valence-electron chi connectivity index (χ0n) is 27.5. The van der Waals surface area contributed by atoms with Gasteiger partial charge in [-0.05, 0) is 143 Å². The van der Waals surface area contributed by atoms with E-state index in [0.717, 1.165) is 55.0 Å². The molecule has 0 aliphatic carbocycles. The number of hydrogen-bond acceptors (Lipinski definition) is 2. The molecule has 48 heavy (non-hydrogen) atoms. The smallest absolute Gasteiger partial charge is 0.178 e. The number of rotatable bonds is 4. The molecule has 0 amide bonds. The molecule has 0 saturated carbocycles. The minimum absolute atomic E-state index is 0.791. The summed E-state index contributed by atoms with van der Waals surface area (Å²) in [6, 6.07) is 48.0. The molecule has 230 valence electrons. The fraction of sp³-hybridized carbons (Fsp3) is 0.0870. The summed E-state index contributed by atoms with van der Waals surface area (Å²) in [4.78, 5) is 0. The van der Waals surface area contributed by atoms with Crippen LogP contribution in [-0.4, -0.2) is 0 Å². The number of hydrogen-bond donors (Lipinski definition) is 0. The summed E-state index contributed by atoms with van der Waals surface area (Å²) in [5.41, 5.74) is 18.0. The highest BCUT2D eigenvalue weighted by molar-refractivity contribution is 6.19. The first-order chi connectivity index (χ1) is 23.4. The molecule has 2 heterocycles. The van der Waals surface area contributed by atoms with Crippen molar-refractivity contribution >= 4 is 43.9 Å². The van der Waals surface area contributed by atoms with Crippen LogP contribution in [0.4, 0.5) is 0 Å². The Hall–Kier alpha value is -5.86. The average Bonchev–Trinajstić information content (AvgIpc) is 3.67. The highest BCUT2D eigenvalue weighted by atomic mass is 16.4. The van der Waals surface area contributed by atoms with Crippen molar-refractivity contribution in [3.05, 3.63) is 156 Å². The summed E-state index contributed by atoms with van der Waals surface area (Å²) >= 11 is 0. The third-order valence-corrected chi connectivity index (χ3v) is 10.1.